The maximum absolute atomic E-state index is 5.59. The minimum Gasteiger partial charge on any atom is -0.230 e. The van der Waals surface area contributed by atoms with Gasteiger partial charge in [0.05, 0.1) is 15.4 Å². The minimum absolute atomic E-state index is 0.569. The van der Waals surface area contributed by atoms with Gasteiger partial charge in [0.25, 0.3) is 0 Å². The van der Waals surface area contributed by atoms with Gasteiger partial charge >= 0.3 is 0 Å². The highest BCUT2D eigenvalue weighted by atomic mass is 35.5. The molecular weight excluding hydrogens is 210 g/mol. The monoisotopic (exact) mass is 215 g/mol. The Labute approximate surface area is 83.8 Å². The minimum atomic E-state index is 0.569. The second-order valence-corrected chi connectivity index (χ2v) is 5.04. The Morgan fingerprint density at radius 1 is 1.42 bits per heavy atom. The van der Waals surface area contributed by atoms with E-state index in [-0.39, 0.29) is 0 Å². The number of para-hydroxylation sites is 1. The van der Waals surface area contributed by atoms with Gasteiger partial charge in [0.1, 0.15) is 0 Å². The Balaban J connectivity index is 2.47. The van der Waals surface area contributed by atoms with Gasteiger partial charge in [0.2, 0.25) is 0 Å². The van der Waals surface area contributed by atoms with Crippen LogP contribution in [0.3, 0.4) is 0 Å². The molecule has 0 aliphatic heterocycles. The van der Waals surface area contributed by atoms with E-state index in [0.717, 1.165) is 9.86 Å². The van der Waals surface area contributed by atoms with Crippen molar-refractivity contribution in [2.75, 3.05) is 5.21 Å². The van der Waals surface area contributed by atoms with Crippen LogP contribution in [0.1, 0.15) is 0 Å². The van der Waals surface area contributed by atoms with Gasteiger partial charge in [-0.15, -0.1) is 22.9 Å². The highest BCUT2D eigenvalue weighted by molar-refractivity contribution is 8.02. The van der Waals surface area contributed by atoms with Crippen molar-refractivity contribution in [3.8, 4) is 0 Å². The molecule has 0 fully saturated rings. The molecule has 0 saturated heterocycles. The zero-order valence-electron chi connectivity index (χ0n) is 6.16. The van der Waals surface area contributed by atoms with Crippen molar-refractivity contribution in [2.24, 2.45) is 0 Å². The largest absolute Gasteiger partial charge is 0.230 e. The number of fused-ring (bicyclic) bond motifs is 1. The number of rotatable bonds is 2. The summed E-state index contributed by atoms with van der Waals surface area (Å²) in [4.78, 5) is 4.40. The smallest absolute Gasteiger partial charge is 0.152 e. The van der Waals surface area contributed by atoms with E-state index in [1.807, 2.05) is 18.2 Å². The third kappa shape index (κ3) is 1.58. The topological polar surface area (TPSA) is 12.9 Å². The highest BCUT2D eigenvalue weighted by Gasteiger charge is 2.01. The first kappa shape index (κ1) is 8.35. The lowest BCUT2D eigenvalue weighted by molar-refractivity contribution is 1.31. The quantitative estimate of drug-likeness (QED) is 0.561. The molecule has 0 bridgehead atoms. The second kappa shape index (κ2) is 3.64. The lowest BCUT2D eigenvalue weighted by atomic mass is 10.3. The Morgan fingerprint density at radius 2 is 2.25 bits per heavy atom. The van der Waals surface area contributed by atoms with Crippen molar-refractivity contribution in [2.45, 2.75) is 4.34 Å². The molecule has 4 heteroatoms. The fourth-order valence-electron chi connectivity index (χ4n) is 0.959. The molecule has 0 aliphatic rings. The molecule has 0 amide bonds. The second-order valence-electron chi connectivity index (χ2n) is 2.20. The number of hydrogen-bond donors (Lipinski definition) is 0. The number of thiazole rings is 1. The molecule has 0 atom stereocenters. The summed E-state index contributed by atoms with van der Waals surface area (Å²) in [6.07, 6.45) is 0. The van der Waals surface area contributed by atoms with E-state index in [4.69, 9.17) is 11.6 Å². The van der Waals surface area contributed by atoms with E-state index < -0.39 is 0 Å². The van der Waals surface area contributed by atoms with Crippen LogP contribution in [0.2, 0.25) is 0 Å². The Hall–Kier alpha value is -0.250. The molecular formula is C8H6ClNS2. The van der Waals surface area contributed by atoms with E-state index in [9.17, 15) is 0 Å². The molecule has 1 nitrogen and oxygen atoms in total. The van der Waals surface area contributed by atoms with Crippen molar-refractivity contribution >= 4 is 44.9 Å². The van der Waals surface area contributed by atoms with Gasteiger partial charge in [-0.1, -0.05) is 23.9 Å². The fraction of sp³-hybridized carbons (Fsp3) is 0.125. The third-order valence-electron chi connectivity index (χ3n) is 1.45. The van der Waals surface area contributed by atoms with E-state index in [1.165, 1.54) is 4.70 Å². The summed E-state index contributed by atoms with van der Waals surface area (Å²) in [7, 11) is 0. The Morgan fingerprint density at radius 3 is 3.00 bits per heavy atom. The molecule has 2 rings (SSSR count). The maximum Gasteiger partial charge on any atom is 0.152 e. The zero-order valence-corrected chi connectivity index (χ0v) is 8.55. The van der Waals surface area contributed by atoms with Crippen LogP contribution >= 0.6 is 34.7 Å². The number of hydrogen-bond acceptors (Lipinski definition) is 3. The van der Waals surface area contributed by atoms with Gasteiger partial charge in [-0.05, 0) is 12.1 Å². The number of aromatic nitrogens is 1. The molecule has 0 aliphatic carbocycles. The summed E-state index contributed by atoms with van der Waals surface area (Å²) in [5.74, 6) is 0. The average molecular weight is 216 g/mol. The first-order chi connectivity index (χ1) is 5.90. The summed E-state index contributed by atoms with van der Waals surface area (Å²) in [6, 6.07) is 8.11. The summed E-state index contributed by atoms with van der Waals surface area (Å²) >= 11 is 8.86. The van der Waals surface area contributed by atoms with E-state index >= 15 is 0 Å². The van der Waals surface area contributed by atoms with E-state index in [1.54, 1.807) is 23.1 Å². The Bertz CT molecular complexity index is 352. The number of thioether (sulfide) groups is 1. The van der Waals surface area contributed by atoms with Crippen LogP contribution in [0.25, 0.3) is 10.2 Å². The van der Waals surface area contributed by atoms with Gasteiger partial charge in [0, 0.05) is 0 Å². The van der Waals surface area contributed by atoms with Crippen LogP contribution in [0, 0.1) is 0 Å². The number of benzene rings is 1. The molecule has 1 aromatic carbocycles. The van der Waals surface area contributed by atoms with Crippen molar-refractivity contribution in [3.05, 3.63) is 24.3 Å². The predicted octanol–water partition coefficient (Wildman–Crippen LogP) is 3.58. The number of nitrogens with zero attached hydrogens (tertiary/aromatic N) is 1. The summed E-state index contributed by atoms with van der Waals surface area (Å²) in [5.41, 5.74) is 1.06. The molecule has 1 aromatic heterocycles. The molecule has 62 valence electrons. The van der Waals surface area contributed by atoms with E-state index in [0.29, 0.717) is 5.21 Å². The molecule has 0 N–H and O–H groups in total. The summed E-state index contributed by atoms with van der Waals surface area (Å²) in [5, 5.41) is 0.569. The SMILES string of the molecule is ClCSc1nc2ccccc2s1. The van der Waals surface area contributed by atoms with Crippen molar-refractivity contribution in [3.63, 3.8) is 0 Å². The Kier molecular flexibility index (Phi) is 2.54. The van der Waals surface area contributed by atoms with Gasteiger partial charge in [-0.2, -0.15) is 0 Å². The van der Waals surface area contributed by atoms with E-state index in [2.05, 4.69) is 11.1 Å². The van der Waals surface area contributed by atoms with Crippen LogP contribution in [-0.4, -0.2) is 10.2 Å². The highest BCUT2D eigenvalue weighted by Crippen LogP contribution is 2.29. The van der Waals surface area contributed by atoms with Crippen LogP contribution in [0.5, 0.6) is 0 Å². The van der Waals surface area contributed by atoms with Gasteiger partial charge < -0.3 is 0 Å². The maximum atomic E-state index is 5.59. The molecule has 0 spiro atoms. The summed E-state index contributed by atoms with van der Waals surface area (Å²) < 4.78 is 2.27. The van der Waals surface area contributed by atoms with Gasteiger partial charge in [-0.25, -0.2) is 4.98 Å². The van der Waals surface area contributed by atoms with Gasteiger partial charge in [0.15, 0.2) is 4.34 Å². The zero-order chi connectivity index (χ0) is 8.39. The number of alkyl halides is 1. The molecule has 12 heavy (non-hydrogen) atoms. The molecule has 2 aromatic rings. The normalized spacial score (nSPS) is 10.8. The average Bonchev–Trinajstić information content (AvgIpc) is 2.47. The summed E-state index contributed by atoms with van der Waals surface area (Å²) in [6.45, 7) is 0. The van der Waals surface area contributed by atoms with Crippen molar-refractivity contribution in [1.82, 2.24) is 4.98 Å². The standard InChI is InChI=1S/C8H6ClNS2/c9-5-11-8-10-6-3-1-2-4-7(6)12-8/h1-4H,5H2. The molecule has 0 saturated carbocycles. The molecule has 1 heterocycles. The number of halogens is 1. The van der Waals surface area contributed by atoms with Crippen molar-refractivity contribution in [1.29, 1.82) is 0 Å². The lowest BCUT2D eigenvalue weighted by Gasteiger charge is -1.83. The molecule has 0 unspecified atom stereocenters. The van der Waals surface area contributed by atoms with Crippen LogP contribution in [0.4, 0.5) is 0 Å². The van der Waals surface area contributed by atoms with Crippen LogP contribution in [-0.2, 0) is 0 Å². The fourth-order valence-corrected chi connectivity index (χ4v) is 3.10. The van der Waals surface area contributed by atoms with Crippen LogP contribution in [0.15, 0.2) is 28.6 Å². The lowest BCUT2D eigenvalue weighted by Crippen LogP contribution is -1.67. The first-order valence-corrected chi connectivity index (χ1v) is 5.78. The van der Waals surface area contributed by atoms with Crippen molar-refractivity contribution < 1.29 is 0 Å². The third-order valence-corrected chi connectivity index (χ3v) is 3.66. The van der Waals surface area contributed by atoms with Gasteiger partial charge in [-0.3, -0.25) is 0 Å². The first-order valence-electron chi connectivity index (χ1n) is 3.44. The predicted molar refractivity (Wildman–Crippen MR) is 56.2 cm³/mol. The molecule has 0 radical (unpaired) electrons. The van der Waals surface area contributed by atoms with Crippen LogP contribution < -0.4 is 0 Å².